The average Bonchev–Trinajstić information content (AvgIpc) is 2.81. The molecule has 178 valence electrons. The molecule has 2 amide bonds. The van der Waals surface area contributed by atoms with Crippen LogP contribution in [0.15, 0.2) is 53.4 Å². The highest BCUT2D eigenvalue weighted by Gasteiger charge is 2.29. The number of halogens is 1. The summed E-state index contributed by atoms with van der Waals surface area (Å²) < 4.78 is 40.3. The second kappa shape index (κ2) is 10.8. The average molecular weight is 476 g/mol. The number of sulfonamides is 1. The number of hydrogen-bond acceptors (Lipinski definition) is 4. The molecule has 1 aliphatic heterocycles. The van der Waals surface area contributed by atoms with Crippen LogP contribution in [-0.2, 0) is 26.0 Å². The van der Waals surface area contributed by atoms with Crippen LogP contribution in [0.5, 0.6) is 0 Å². The molecule has 1 N–H and O–H groups in total. The van der Waals surface area contributed by atoms with Crippen molar-refractivity contribution >= 4 is 27.5 Å². The molecule has 0 saturated carbocycles. The lowest BCUT2D eigenvalue weighted by atomic mass is 9.94. The molecule has 7 nitrogen and oxygen atoms in total. The number of amides is 2. The topological polar surface area (TPSA) is 86.8 Å². The smallest absolute Gasteiger partial charge is 0.261 e. The molecular formula is C24H30FN3O4S. The maximum absolute atomic E-state index is 13.0. The van der Waals surface area contributed by atoms with Crippen molar-refractivity contribution < 1.29 is 22.4 Å². The quantitative estimate of drug-likeness (QED) is 0.635. The van der Waals surface area contributed by atoms with E-state index in [-0.39, 0.29) is 29.0 Å². The monoisotopic (exact) mass is 475 g/mol. The third-order valence-electron chi connectivity index (χ3n) is 5.96. The molecule has 0 unspecified atom stereocenters. The third kappa shape index (κ3) is 6.31. The van der Waals surface area contributed by atoms with Crippen LogP contribution in [0.2, 0.25) is 0 Å². The second-order valence-corrected chi connectivity index (χ2v) is 9.78. The molecule has 0 radical (unpaired) electrons. The maximum Gasteiger partial charge on any atom is 0.261 e. The zero-order valence-electron chi connectivity index (χ0n) is 19.0. The predicted molar refractivity (Wildman–Crippen MR) is 125 cm³/mol. The minimum absolute atomic E-state index is 0.0108. The van der Waals surface area contributed by atoms with E-state index in [0.717, 1.165) is 17.7 Å². The molecule has 33 heavy (non-hydrogen) atoms. The fourth-order valence-corrected chi connectivity index (χ4v) is 5.03. The fraction of sp³-hybridized carbons (Fsp3) is 0.417. The molecule has 1 fully saturated rings. The Morgan fingerprint density at radius 2 is 1.58 bits per heavy atom. The van der Waals surface area contributed by atoms with Crippen LogP contribution in [-0.4, -0.2) is 56.2 Å². The fourth-order valence-electron chi connectivity index (χ4n) is 3.97. The number of carbonyl (C=O) groups excluding carboxylic acids is 2. The van der Waals surface area contributed by atoms with Gasteiger partial charge in [0.1, 0.15) is 5.82 Å². The summed E-state index contributed by atoms with van der Waals surface area (Å²) in [7, 11) is -3.83. The van der Waals surface area contributed by atoms with E-state index in [1.807, 2.05) is 18.7 Å². The summed E-state index contributed by atoms with van der Waals surface area (Å²) >= 11 is 0. The molecule has 2 aromatic rings. The van der Waals surface area contributed by atoms with Gasteiger partial charge >= 0.3 is 0 Å². The van der Waals surface area contributed by atoms with E-state index in [9.17, 15) is 22.4 Å². The highest BCUT2D eigenvalue weighted by Crippen LogP contribution is 2.21. The van der Waals surface area contributed by atoms with Gasteiger partial charge in [0.25, 0.3) is 10.0 Å². The largest absolute Gasteiger partial charge is 0.343 e. The number of nitrogens with one attached hydrogen (secondary N) is 1. The van der Waals surface area contributed by atoms with E-state index in [1.54, 1.807) is 29.2 Å². The van der Waals surface area contributed by atoms with Gasteiger partial charge in [-0.25, -0.2) is 12.8 Å². The Labute approximate surface area is 194 Å². The molecule has 3 rings (SSSR count). The molecule has 0 aliphatic carbocycles. The minimum atomic E-state index is -3.83. The summed E-state index contributed by atoms with van der Waals surface area (Å²) in [6, 6.07) is 11.2. The second-order valence-electron chi connectivity index (χ2n) is 8.10. The SMILES string of the molecule is CCN(CC)C(=O)C1CCN(C(=O)Cc2ccc(NS(=O)(=O)c3ccc(F)cc3)cc2)CC1. The third-order valence-corrected chi connectivity index (χ3v) is 7.35. The summed E-state index contributed by atoms with van der Waals surface area (Å²) in [5.74, 6) is -0.376. The van der Waals surface area contributed by atoms with Crippen molar-refractivity contribution in [3.8, 4) is 0 Å². The van der Waals surface area contributed by atoms with Crippen LogP contribution in [0.3, 0.4) is 0 Å². The predicted octanol–water partition coefficient (Wildman–Crippen LogP) is 3.28. The van der Waals surface area contributed by atoms with Crippen LogP contribution >= 0.6 is 0 Å². The molecule has 0 aromatic heterocycles. The zero-order valence-corrected chi connectivity index (χ0v) is 19.8. The first-order valence-electron chi connectivity index (χ1n) is 11.2. The number of hydrogen-bond donors (Lipinski definition) is 1. The standard InChI is InChI=1S/C24H30FN3O4S/c1-3-27(4-2)24(30)19-13-15-28(16-14-19)23(29)17-18-5-9-21(10-6-18)26-33(31,32)22-11-7-20(25)8-12-22/h5-12,19,26H,3-4,13-17H2,1-2H3. The molecule has 1 heterocycles. The summed E-state index contributed by atoms with van der Waals surface area (Å²) in [4.78, 5) is 28.8. The number of anilines is 1. The van der Waals surface area contributed by atoms with E-state index < -0.39 is 15.8 Å². The van der Waals surface area contributed by atoms with Gasteiger partial charge in [0.15, 0.2) is 0 Å². The van der Waals surface area contributed by atoms with Crippen molar-refractivity contribution in [1.29, 1.82) is 0 Å². The lowest BCUT2D eigenvalue weighted by molar-refractivity contribution is -0.140. The highest BCUT2D eigenvalue weighted by atomic mass is 32.2. The number of piperidine rings is 1. The summed E-state index contributed by atoms with van der Waals surface area (Å²) in [6.07, 6.45) is 1.55. The number of likely N-dealkylation sites (tertiary alicyclic amines) is 1. The number of benzene rings is 2. The molecule has 1 saturated heterocycles. The first-order valence-corrected chi connectivity index (χ1v) is 12.7. The summed E-state index contributed by atoms with van der Waals surface area (Å²) in [5.41, 5.74) is 1.12. The van der Waals surface area contributed by atoms with E-state index in [1.165, 1.54) is 12.1 Å². The van der Waals surface area contributed by atoms with Crippen molar-refractivity contribution in [3.05, 3.63) is 59.9 Å². The Kier molecular flexibility index (Phi) is 8.07. The Balaban J connectivity index is 1.53. The van der Waals surface area contributed by atoms with Crippen molar-refractivity contribution in [2.24, 2.45) is 5.92 Å². The highest BCUT2D eigenvalue weighted by molar-refractivity contribution is 7.92. The Hall–Kier alpha value is -2.94. The van der Waals surface area contributed by atoms with Crippen LogP contribution in [0.4, 0.5) is 10.1 Å². The number of rotatable bonds is 8. The minimum Gasteiger partial charge on any atom is -0.343 e. The molecule has 9 heteroatoms. The first kappa shape index (κ1) is 24.7. The number of carbonyl (C=O) groups is 2. The van der Waals surface area contributed by atoms with Gasteiger partial charge in [-0.2, -0.15) is 0 Å². The lowest BCUT2D eigenvalue weighted by Gasteiger charge is -2.33. The molecule has 0 spiro atoms. The van der Waals surface area contributed by atoms with Gasteiger partial charge in [-0.05, 0) is 68.7 Å². The van der Waals surface area contributed by atoms with Crippen molar-refractivity contribution in [3.63, 3.8) is 0 Å². The van der Waals surface area contributed by atoms with Gasteiger partial charge in [-0.1, -0.05) is 12.1 Å². The van der Waals surface area contributed by atoms with Crippen molar-refractivity contribution in [2.45, 2.75) is 38.0 Å². The number of nitrogens with zero attached hydrogens (tertiary/aromatic N) is 2. The van der Waals surface area contributed by atoms with Gasteiger partial charge in [-0.3, -0.25) is 14.3 Å². The van der Waals surface area contributed by atoms with Crippen molar-refractivity contribution in [2.75, 3.05) is 30.9 Å². The molecular weight excluding hydrogens is 445 g/mol. The van der Waals surface area contributed by atoms with E-state index in [4.69, 9.17) is 0 Å². The summed E-state index contributed by atoms with van der Waals surface area (Å²) in [6.45, 7) is 6.46. The first-order chi connectivity index (χ1) is 15.7. The van der Waals surface area contributed by atoms with Gasteiger partial charge in [0.2, 0.25) is 11.8 Å². The lowest BCUT2D eigenvalue weighted by Crippen LogP contribution is -2.44. The molecule has 2 aromatic carbocycles. The summed E-state index contributed by atoms with van der Waals surface area (Å²) in [5, 5.41) is 0. The van der Waals surface area contributed by atoms with E-state index in [0.29, 0.717) is 44.7 Å². The molecule has 0 atom stereocenters. The maximum atomic E-state index is 13.0. The van der Waals surface area contributed by atoms with Crippen molar-refractivity contribution in [1.82, 2.24) is 9.80 Å². The van der Waals surface area contributed by atoms with E-state index >= 15 is 0 Å². The normalized spacial score (nSPS) is 14.7. The zero-order chi connectivity index (χ0) is 24.0. The Morgan fingerprint density at radius 3 is 2.12 bits per heavy atom. The van der Waals surface area contributed by atoms with Crippen LogP contribution in [0, 0.1) is 11.7 Å². The van der Waals surface area contributed by atoms with Crippen LogP contribution in [0.1, 0.15) is 32.3 Å². The molecule has 0 bridgehead atoms. The van der Waals surface area contributed by atoms with E-state index in [2.05, 4.69) is 4.72 Å². The Morgan fingerprint density at radius 1 is 1.00 bits per heavy atom. The van der Waals surface area contributed by atoms with Crippen LogP contribution in [0.25, 0.3) is 0 Å². The van der Waals surface area contributed by atoms with Gasteiger partial charge in [0, 0.05) is 37.8 Å². The Bertz CT molecular complexity index is 1060. The van der Waals surface area contributed by atoms with Gasteiger partial charge in [-0.15, -0.1) is 0 Å². The molecule has 1 aliphatic rings. The van der Waals surface area contributed by atoms with Gasteiger partial charge in [0.05, 0.1) is 11.3 Å². The van der Waals surface area contributed by atoms with Gasteiger partial charge < -0.3 is 9.80 Å². The van der Waals surface area contributed by atoms with Crippen LogP contribution < -0.4 is 4.72 Å².